The third kappa shape index (κ3) is 3.81. The maximum atomic E-state index is 13.1. The molecule has 0 saturated carbocycles. The molecule has 0 saturated heterocycles. The molecule has 0 amide bonds. The molecule has 0 fully saturated rings. The van der Waals surface area contributed by atoms with E-state index < -0.39 is 15.9 Å². The predicted octanol–water partition coefficient (Wildman–Crippen LogP) is 3.36. The zero-order valence-corrected chi connectivity index (χ0v) is 19.0. The van der Waals surface area contributed by atoms with E-state index >= 15 is 0 Å². The van der Waals surface area contributed by atoms with Crippen LogP contribution in [0.5, 0.6) is 0 Å². The predicted molar refractivity (Wildman–Crippen MR) is 124 cm³/mol. The van der Waals surface area contributed by atoms with E-state index in [9.17, 15) is 18.5 Å². The van der Waals surface area contributed by atoms with Crippen molar-refractivity contribution in [3.63, 3.8) is 0 Å². The van der Waals surface area contributed by atoms with Crippen molar-refractivity contribution in [3.05, 3.63) is 76.8 Å². The van der Waals surface area contributed by atoms with Crippen molar-refractivity contribution in [1.29, 1.82) is 5.26 Å². The van der Waals surface area contributed by atoms with Crippen LogP contribution < -0.4 is 15.8 Å². The zero-order valence-electron chi connectivity index (χ0n) is 17.4. The fourth-order valence-electron chi connectivity index (χ4n) is 4.30. The minimum Gasteiger partial charge on any atom is -0.384 e. The molecule has 1 atom stereocenters. The van der Waals surface area contributed by atoms with Gasteiger partial charge in [-0.25, -0.2) is 13.6 Å². The van der Waals surface area contributed by atoms with Crippen LogP contribution in [0, 0.1) is 11.3 Å². The molecule has 0 radical (unpaired) electrons. The Morgan fingerprint density at radius 3 is 2.31 bits per heavy atom. The van der Waals surface area contributed by atoms with Gasteiger partial charge >= 0.3 is 0 Å². The molecule has 0 unspecified atom stereocenters. The number of nitriles is 1. The summed E-state index contributed by atoms with van der Waals surface area (Å²) in [6.45, 7) is 0. The van der Waals surface area contributed by atoms with Crippen molar-refractivity contribution >= 4 is 33.3 Å². The molecule has 1 aliphatic heterocycles. The van der Waals surface area contributed by atoms with Gasteiger partial charge in [-0.05, 0) is 61.1 Å². The van der Waals surface area contributed by atoms with Gasteiger partial charge in [-0.3, -0.25) is 9.69 Å². The summed E-state index contributed by atoms with van der Waals surface area (Å²) in [5.41, 5.74) is 9.55. The summed E-state index contributed by atoms with van der Waals surface area (Å²) in [6, 6.07) is 16.0. The highest BCUT2D eigenvalue weighted by molar-refractivity contribution is 7.98. The molecule has 2 aromatic rings. The van der Waals surface area contributed by atoms with Gasteiger partial charge in [0.2, 0.25) is 10.0 Å². The average Bonchev–Trinajstić information content (AvgIpc) is 2.78. The first-order valence-electron chi connectivity index (χ1n) is 9.99. The normalized spacial score (nSPS) is 19.1. The SMILES string of the molecule is CSc1ccc([C@@H]2C(C#N)=C(N)N(c3ccc(S(N)(=O)=O)cc3)C3=C2C(=O)CCC3)cc1. The topological polar surface area (TPSA) is 130 Å². The van der Waals surface area contributed by atoms with Gasteiger partial charge in [-0.15, -0.1) is 11.8 Å². The van der Waals surface area contributed by atoms with Gasteiger partial charge in [0.1, 0.15) is 5.82 Å². The number of primary sulfonamides is 1. The van der Waals surface area contributed by atoms with Crippen molar-refractivity contribution in [2.75, 3.05) is 11.2 Å². The Bertz CT molecular complexity index is 1290. The Labute approximate surface area is 191 Å². The van der Waals surface area contributed by atoms with Crippen LogP contribution in [0.1, 0.15) is 30.7 Å². The Morgan fingerprint density at radius 2 is 1.75 bits per heavy atom. The highest BCUT2D eigenvalue weighted by Crippen LogP contribution is 2.46. The van der Waals surface area contributed by atoms with E-state index in [1.807, 2.05) is 30.5 Å². The molecule has 0 bridgehead atoms. The quantitative estimate of drug-likeness (QED) is 0.661. The molecule has 4 N–H and O–H groups in total. The van der Waals surface area contributed by atoms with Gasteiger partial charge in [0.25, 0.3) is 0 Å². The van der Waals surface area contributed by atoms with Crippen LogP contribution in [0.25, 0.3) is 0 Å². The molecule has 2 aliphatic rings. The van der Waals surface area contributed by atoms with Crippen molar-refractivity contribution in [2.24, 2.45) is 10.9 Å². The Kier molecular flexibility index (Phi) is 5.86. The Balaban J connectivity index is 1.90. The van der Waals surface area contributed by atoms with E-state index in [4.69, 9.17) is 10.9 Å². The monoisotopic (exact) mass is 466 g/mol. The highest BCUT2D eigenvalue weighted by Gasteiger charge is 2.40. The van der Waals surface area contributed by atoms with Crippen molar-refractivity contribution in [2.45, 2.75) is 35.0 Å². The Hall–Kier alpha value is -3.06. The highest BCUT2D eigenvalue weighted by atomic mass is 32.2. The van der Waals surface area contributed by atoms with E-state index in [2.05, 4.69) is 6.07 Å². The lowest BCUT2D eigenvalue weighted by atomic mass is 9.75. The fraction of sp³-hybridized carbons (Fsp3) is 0.217. The summed E-state index contributed by atoms with van der Waals surface area (Å²) < 4.78 is 23.3. The molecule has 0 spiro atoms. The molecule has 32 heavy (non-hydrogen) atoms. The minimum atomic E-state index is -3.84. The maximum Gasteiger partial charge on any atom is 0.238 e. The van der Waals surface area contributed by atoms with E-state index in [-0.39, 0.29) is 16.5 Å². The first-order valence-corrected chi connectivity index (χ1v) is 12.8. The molecule has 164 valence electrons. The van der Waals surface area contributed by atoms with Gasteiger partial charge in [0.15, 0.2) is 5.78 Å². The zero-order chi connectivity index (χ0) is 23.0. The van der Waals surface area contributed by atoms with Crippen LogP contribution >= 0.6 is 11.8 Å². The summed E-state index contributed by atoms with van der Waals surface area (Å²) in [4.78, 5) is 15.9. The van der Waals surface area contributed by atoms with Crippen LogP contribution in [0.2, 0.25) is 0 Å². The fourth-order valence-corrected chi connectivity index (χ4v) is 5.22. The molecular formula is C23H22N4O3S2. The molecule has 9 heteroatoms. The molecular weight excluding hydrogens is 444 g/mol. The molecule has 1 heterocycles. The summed E-state index contributed by atoms with van der Waals surface area (Å²) in [7, 11) is -3.84. The van der Waals surface area contributed by atoms with Crippen LogP contribution in [0.3, 0.4) is 0 Å². The number of hydrogen-bond acceptors (Lipinski definition) is 7. The van der Waals surface area contributed by atoms with Crippen LogP contribution in [-0.2, 0) is 14.8 Å². The number of hydrogen-bond donors (Lipinski definition) is 2. The van der Waals surface area contributed by atoms with Gasteiger partial charge in [-0.1, -0.05) is 12.1 Å². The number of nitrogens with two attached hydrogens (primary N) is 2. The second-order valence-corrected chi connectivity index (χ2v) is 10.1. The third-order valence-corrected chi connectivity index (χ3v) is 7.46. The first kappa shape index (κ1) is 22.1. The Morgan fingerprint density at radius 1 is 1.09 bits per heavy atom. The van der Waals surface area contributed by atoms with Gasteiger partial charge in [0.05, 0.1) is 22.5 Å². The van der Waals surface area contributed by atoms with Crippen molar-refractivity contribution < 1.29 is 13.2 Å². The minimum absolute atomic E-state index is 0.00315. The number of carbonyl (C=O) groups excluding carboxylic acids is 1. The molecule has 4 rings (SSSR count). The second-order valence-electron chi connectivity index (χ2n) is 7.63. The number of thioether (sulfide) groups is 1. The van der Waals surface area contributed by atoms with E-state index in [0.29, 0.717) is 36.1 Å². The average molecular weight is 467 g/mol. The van der Waals surface area contributed by atoms with Gasteiger partial charge < -0.3 is 5.73 Å². The number of sulfonamides is 1. The summed E-state index contributed by atoms with van der Waals surface area (Å²) in [5.74, 6) is -0.293. The van der Waals surface area contributed by atoms with Crippen LogP contribution in [0.4, 0.5) is 5.69 Å². The van der Waals surface area contributed by atoms with Gasteiger partial charge in [0, 0.05) is 28.3 Å². The largest absolute Gasteiger partial charge is 0.384 e. The maximum absolute atomic E-state index is 13.1. The number of Topliss-reactive ketones (excluding diaryl/α,β-unsaturated/α-hetero) is 1. The first-order chi connectivity index (χ1) is 15.3. The standard InChI is InChI=1S/C23H22N4O3S2/c1-31-16-9-5-14(6-10-16)21-18(13-24)23(25)27(19-3-2-4-20(28)22(19)21)15-7-11-17(12-8-15)32(26,29)30/h5-12,21H,2-4,25H2,1H3,(H2,26,29,30)/t21-/m1/s1. The molecule has 1 aliphatic carbocycles. The lowest BCUT2D eigenvalue weighted by Crippen LogP contribution is -2.38. The van der Waals surface area contributed by atoms with E-state index in [1.165, 1.54) is 12.1 Å². The van der Waals surface area contributed by atoms with Gasteiger partial charge in [-0.2, -0.15) is 5.26 Å². The smallest absolute Gasteiger partial charge is 0.238 e. The summed E-state index contributed by atoms with van der Waals surface area (Å²) >= 11 is 1.61. The number of rotatable bonds is 4. The number of anilines is 1. The van der Waals surface area contributed by atoms with Crippen molar-refractivity contribution in [1.82, 2.24) is 0 Å². The van der Waals surface area contributed by atoms with Crippen LogP contribution in [0.15, 0.2) is 81.0 Å². The number of carbonyl (C=O) groups is 1. The second kappa shape index (κ2) is 8.47. The summed E-state index contributed by atoms with van der Waals surface area (Å²) in [6.07, 6.45) is 3.70. The molecule has 0 aromatic heterocycles. The molecule has 7 nitrogen and oxygen atoms in total. The summed E-state index contributed by atoms with van der Waals surface area (Å²) in [5, 5.41) is 15.2. The number of benzene rings is 2. The number of nitrogens with zero attached hydrogens (tertiary/aromatic N) is 2. The number of allylic oxidation sites excluding steroid dienone is 3. The number of ketones is 1. The van der Waals surface area contributed by atoms with E-state index in [0.717, 1.165) is 16.2 Å². The molecule has 2 aromatic carbocycles. The third-order valence-electron chi connectivity index (χ3n) is 5.79. The lowest BCUT2D eigenvalue weighted by Gasteiger charge is -2.39. The lowest BCUT2D eigenvalue weighted by molar-refractivity contribution is -0.116. The van der Waals surface area contributed by atoms with Crippen molar-refractivity contribution in [3.8, 4) is 6.07 Å². The van der Waals surface area contributed by atoms with E-state index in [1.54, 1.807) is 28.8 Å². The van der Waals surface area contributed by atoms with Crippen LogP contribution in [-0.4, -0.2) is 20.5 Å².